The first-order valence-electron chi connectivity index (χ1n) is 7.32. The van der Waals surface area contributed by atoms with Gasteiger partial charge in [-0.15, -0.1) is 16.4 Å². The van der Waals surface area contributed by atoms with Crippen LogP contribution >= 0.6 is 22.9 Å². The minimum Gasteiger partial charge on any atom is -0.344 e. The van der Waals surface area contributed by atoms with E-state index < -0.39 is 18.3 Å². The number of carbonyl (C=O) groups is 2. The van der Waals surface area contributed by atoms with Gasteiger partial charge in [0.15, 0.2) is 4.83 Å². The highest BCUT2D eigenvalue weighted by molar-refractivity contribution is 7.24. The molecule has 0 spiro atoms. The summed E-state index contributed by atoms with van der Waals surface area (Å²) in [4.78, 5) is 27.6. The second kappa shape index (κ2) is 7.47. The molecule has 132 valence electrons. The molecule has 0 aliphatic rings. The van der Waals surface area contributed by atoms with E-state index in [1.54, 1.807) is 12.4 Å². The molecule has 2 rings (SSSR count). The number of carbonyl (C=O) groups excluding carboxylic acids is 2. The number of aromatic nitrogens is 2. The average molecular weight is 376 g/mol. The van der Waals surface area contributed by atoms with Crippen molar-refractivity contribution in [1.29, 1.82) is 0 Å². The Bertz CT molecular complexity index is 731. The number of alkyl halides is 2. The Hall–Kier alpha value is -1.68. The van der Waals surface area contributed by atoms with Gasteiger partial charge >= 0.3 is 0 Å². The molecule has 0 atom stereocenters. The summed E-state index contributed by atoms with van der Waals surface area (Å²) in [6.07, 6.45) is -1.18. The van der Waals surface area contributed by atoms with Gasteiger partial charge in [-0.05, 0) is 11.5 Å². The zero-order valence-electron chi connectivity index (χ0n) is 13.6. The van der Waals surface area contributed by atoms with Crippen molar-refractivity contribution < 1.29 is 18.4 Å². The van der Waals surface area contributed by atoms with Gasteiger partial charge < -0.3 is 9.80 Å². The van der Waals surface area contributed by atoms with Gasteiger partial charge in [0.05, 0.1) is 16.7 Å². The van der Waals surface area contributed by atoms with E-state index in [2.05, 4.69) is 9.59 Å². The van der Waals surface area contributed by atoms with Crippen LogP contribution in [0.1, 0.15) is 30.1 Å². The van der Waals surface area contributed by atoms with Gasteiger partial charge in [0.1, 0.15) is 0 Å². The summed E-state index contributed by atoms with van der Waals surface area (Å²) in [7, 11) is 3.07. The van der Waals surface area contributed by atoms with Gasteiger partial charge in [0.2, 0.25) is 5.91 Å². The number of halogens is 2. The number of rotatable bonds is 7. The molecule has 10 heteroatoms. The van der Waals surface area contributed by atoms with Gasteiger partial charge in [-0.3, -0.25) is 9.59 Å². The number of thiophene rings is 1. The molecule has 6 nitrogen and oxygen atoms in total. The summed E-state index contributed by atoms with van der Waals surface area (Å²) in [5.74, 6) is -3.83. The van der Waals surface area contributed by atoms with Crippen LogP contribution in [0.15, 0.2) is 5.38 Å². The molecular weight excluding hydrogens is 358 g/mol. The number of amides is 2. The standard InChI is InChI=1S/C14H18F2N4O2S2/c1-4-14(15,16)7-10(21)19(2)5-6-20(3)13(22)9-8-23-12-11(9)24-18-17-12/h8H,4-7H2,1-3H3. The van der Waals surface area contributed by atoms with E-state index in [4.69, 9.17) is 0 Å². The quantitative estimate of drug-likeness (QED) is 0.745. The highest BCUT2D eigenvalue weighted by Crippen LogP contribution is 2.27. The third kappa shape index (κ3) is 4.23. The molecule has 2 aromatic heterocycles. The van der Waals surface area contributed by atoms with E-state index in [0.717, 1.165) is 16.2 Å². The third-order valence-corrected chi connectivity index (χ3v) is 5.44. The predicted octanol–water partition coefficient (Wildman–Crippen LogP) is 2.72. The van der Waals surface area contributed by atoms with E-state index >= 15 is 0 Å². The second-order valence-corrected chi connectivity index (χ2v) is 7.10. The van der Waals surface area contributed by atoms with Crippen LogP contribution in [-0.2, 0) is 4.79 Å². The van der Waals surface area contributed by atoms with Crippen LogP contribution in [0.3, 0.4) is 0 Å². The van der Waals surface area contributed by atoms with Crippen LogP contribution in [0.5, 0.6) is 0 Å². The number of hydrogen-bond donors (Lipinski definition) is 0. The number of hydrogen-bond acceptors (Lipinski definition) is 6. The Morgan fingerprint density at radius 3 is 2.58 bits per heavy atom. The van der Waals surface area contributed by atoms with Crippen LogP contribution in [0, 0.1) is 0 Å². The minimum absolute atomic E-state index is 0.190. The molecule has 2 amide bonds. The molecule has 0 aliphatic carbocycles. The van der Waals surface area contributed by atoms with Crippen molar-refractivity contribution in [3.63, 3.8) is 0 Å². The molecular formula is C14H18F2N4O2S2. The van der Waals surface area contributed by atoms with Crippen LogP contribution in [0.2, 0.25) is 0 Å². The number of likely N-dealkylation sites (N-methyl/N-ethyl adjacent to an activating group) is 2. The highest BCUT2D eigenvalue weighted by atomic mass is 32.1. The third-order valence-electron chi connectivity index (χ3n) is 3.69. The monoisotopic (exact) mass is 376 g/mol. The lowest BCUT2D eigenvalue weighted by Gasteiger charge is -2.24. The minimum atomic E-state index is -2.99. The Labute approximate surface area is 146 Å². The fraction of sp³-hybridized carbons (Fsp3) is 0.571. The van der Waals surface area contributed by atoms with Gasteiger partial charge in [-0.2, -0.15) is 0 Å². The summed E-state index contributed by atoms with van der Waals surface area (Å²) < 4.78 is 31.1. The molecule has 0 aromatic carbocycles. The zero-order chi connectivity index (χ0) is 17.9. The lowest BCUT2D eigenvalue weighted by atomic mass is 10.1. The van der Waals surface area contributed by atoms with Gasteiger partial charge in [0.25, 0.3) is 11.8 Å². The normalized spacial score (nSPS) is 11.7. The van der Waals surface area contributed by atoms with Crippen molar-refractivity contribution in [2.75, 3.05) is 27.2 Å². The molecule has 0 saturated heterocycles. The van der Waals surface area contributed by atoms with E-state index in [1.165, 1.54) is 35.1 Å². The Kier molecular flexibility index (Phi) is 5.81. The molecule has 0 unspecified atom stereocenters. The van der Waals surface area contributed by atoms with E-state index in [1.807, 2.05) is 0 Å². The number of fused-ring (bicyclic) bond motifs is 1. The molecule has 0 N–H and O–H groups in total. The first-order chi connectivity index (χ1) is 11.2. The summed E-state index contributed by atoms with van der Waals surface area (Å²) in [5, 5.41) is 5.64. The molecule has 0 bridgehead atoms. The van der Waals surface area contributed by atoms with Crippen LogP contribution in [0.25, 0.3) is 9.53 Å². The topological polar surface area (TPSA) is 66.4 Å². The first-order valence-corrected chi connectivity index (χ1v) is 8.97. The predicted molar refractivity (Wildman–Crippen MR) is 89.7 cm³/mol. The Morgan fingerprint density at radius 2 is 1.92 bits per heavy atom. The van der Waals surface area contributed by atoms with Crippen molar-refractivity contribution in [2.24, 2.45) is 0 Å². The molecule has 24 heavy (non-hydrogen) atoms. The summed E-state index contributed by atoms with van der Waals surface area (Å²) >= 11 is 2.50. The molecule has 0 saturated carbocycles. The first kappa shape index (κ1) is 18.7. The molecule has 0 radical (unpaired) electrons. The van der Waals surface area contributed by atoms with Gasteiger partial charge in [-0.25, -0.2) is 8.78 Å². The molecule has 2 heterocycles. The van der Waals surface area contributed by atoms with Crippen LogP contribution in [0.4, 0.5) is 8.78 Å². The zero-order valence-corrected chi connectivity index (χ0v) is 15.2. The largest absolute Gasteiger partial charge is 0.344 e. The van der Waals surface area contributed by atoms with Crippen molar-refractivity contribution in [2.45, 2.75) is 25.7 Å². The summed E-state index contributed by atoms with van der Waals surface area (Å²) in [6.45, 7) is 1.78. The smallest absolute Gasteiger partial charge is 0.256 e. The summed E-state index contributed by atoms with van der Waals surface area (Å²) in [5.41, 5.74) is 0.527. The van der Waals surface area contributed by atoms with Crippen molar-refractivity contribution in [3.05, 3.63) is 10.9 Å². The molecule has 0 aliphatic heterocycles. The summed E-state index contributed by atoms with van der Waals surface area (Å²) in [6, 6.07) is 0. The number of nitrogens with zero attached hydrogens (tertiary/aromatic N) is 4. The maximum Gasteiger partial charge on any atom is 0.256 e. The fourth-order valence-corrected chi connectivity index (χ4v) is 3.66. The van der Waals surface area contributed by atoms with Crippen LogP contribution in [-0.4, -0.2) is 64.3 Å². The Morgan fingerprint density at radius 1 is 1.25 bits per heavy atom. The van der Waals surface area contributed by atoms with Gasteiger partial charge in [-0.1, -0.05) is 11.4 Å². The van der Waals surface area contributed by atoms with Crippen molar-refractivity contribution >= 4 is 44.2 Å². The highest BCUT2D eigenvalue weighted by Gasteiger charge is 2.31. The fourth-order valence-electron chi connectivity index (χ4n) is 1.95. The lowest BCUT2D eigenvalue weighted by Crippen LogP contribution is -2.39. The van der Waals surface area contributed by atoms with E-state index in [-0.39, 0.29) is 25.4 Å². The molecule has 2 aromatic rings. The lowest BCUT2D eigenvalue weighted by molar-refractivity contribution is -0.137. The Balaban J connectivity index is 1.90. The van der Waals surface area contributed by atoms with Crippen molar-refractivity contribution in [1.82, 2.24) is 19.4 Å². The maximum absolute atomic E-state index is 13.3. The maximum atomic E-state index is 13.3. The van der Waals surface area contributed by atoms with E-state index in [9.17, 15) is 18.4 Å². The van der Waals surface area contributed by atoms with E-state index in [0.29, 0.717) is 10.4 Å². The van der Waals surface area contributed by atoms with Crippen LogP contribution < -0.4 is 0 Å². The SMILES string of the molecule is CCC(F)(F)CC(=O)N(C)CCN(C)C(=O)c1csc2nnsc12. The van der Waals surface area contributed by atoms with Gasteiger partial charge in [0, 0.05) is 39.0 Å². The second-order valence-electron chi connectivity index (χ2n) is 5.48. The molecule has 0 fully saturated rings. The van der Waals surface area contributed by atoms with Crippen molar-refractivity contribution in [3.8, 4) is 0 Å². The average Bonchev–Trinajstić information content (AvgIpc) is 3.14.